The van der Waals surface area contributed by atoms with Gasteiger partial charge in [0.25, 0.3) is 0 Å². The number of anilines is 2. The van der Waals surface area contributed by atoms with Crippen LogP contribution in [0.5, 0.6) is 0 Å². The summed E-state index contributed by atoms with van der Waals surface area (Å²) in [6.07, 6.45) is 0.253. The van der Waals surface area contributed by atoms with Crippen LogP contribution in [0.25, 0.3) is 0 Å². The fourth-order valence-electron chi connectivity index (χ4n) is 4.53. The third-order valence-electron chi connectivity index (χ3n) is 6.63. The number of aromatic amines is 1. The number of piperidine rings is 1. The molecular weight excluding hydrogens is 547 g/mol. The highest BCUT2D eigenvalue weighted by Crippen LogP contribution is 2.38. The Morgan fingerprint density at radius 1 is 1.21 bits per heavy atom. The summed E-state index contributed by atoms with van der Waals surface area (Å²) in [5, 5.41) is 19.1. The van der Waals surface area contributed by atoms with E-state index in [9.17, 15) is 22.7 Å². The molecular formula is C24H25ClF3N5O4S. The molecule has 204 valence electrons. The van der Waals surface area contributed by atoms with Gasteiger partial charge in [-0.2, -0.15) is 5.10 Å². The number of benzene rings is 1. The summed E-state index contributed by atoms with van der Waals surface area (Å²) in [5.41, 5.74) is -1.04. The quantitative estimate of drug-likeness (QED) is 0.366. The molecule has 1 aliphatic heterocycles. The fraction of sp³-hybridized carbons (Fsp3) is 0.375. The molecule has 3 aromatic rings. The summed E-state index contributed by atoms with van der Waals surface area (Å²) in [6.45, 7) is 2.35. The second kappa shape index (κ2) is 10.5. The molecule has 2 aromatic heterocycles. The fourth-order valence-corrected chi connectivity index (χ4v) is 5.59. The van der Waals surface area contributed by atoms with E-state index in [1.54, 1.807) is 19.1 Å². The standard InChI is InChI=1S/C24H25ClF3N5O4S/c1-13-10-17(32-31-13)30-22-20(28)21(38(2,36)37)19(27)16(29-22)11-24(23(34)35)6-8-33(9-7-24)12-14-4-3-5-15(25)18(14)26/h3-5,10H,6-9,11-12H2,1-2H3,(H,34,35)(H2,29,30,31,32). The maximum atomic E-state index is 15.4. The number of carboxylic acids is 1. The molecule has 1 saturated heterocycles. The highest BCUT2D eigenvalue weighted by atomic mass is 35.5. The van der Waals surface area contributed by atoms with Crippen molar-refractivity contribution in [3.8, 4) is 0 Å². The minimum absolute atomic E-state index is 0.0201. The lowest BCUT2D eigenvalue weighted by Gasteiger charge is -2.39. The van der Waals surface area contributed by atoms with Crippen molar-refractivity contribution in [2.24, 2.45) is 5.41 Å². The van der Waals surface area contributed by atoms with Crippen molar-refractivity contribution < 1.29 is 31.5 Å². The lowest BCUT2D eigenvalue weighted by Crippen LogP contribution is -2.45. The van der Waals surface area contributed by atoms with E-state index in [1.165, 1.54) is 12.1 Å². The van der Waals surface area contributed by atoms with E-state index in [0.717, 1.165) is 0 Å². The van der Waals surface area contributed by atoms with Crippen LogP contribution in [-0.2, 0) is 27.6 Å². The van der Waals surface area contributed by atoms with Gasteiger partial charge in [0, 0.05) is 36.5 Å². The van der Waals surface area contributed by atoms with Gasteiger partial charge in [-0.15, -0.1) is 0 Å². The second-order valence-electron chi connectivity index (χ2n) is 9.45. The number of aliphatic carboxylic acids is 1. The van der Waals surface area contributed by atoms with Crippen LogP contribution >= 0.6 is 11.6 Å². The Hall–Kier alpha value is -3.16. The predicted molar refractivity (Wildman–Crippen MR) is 134 cm³/mol. The maximum absolute atomic E-state index is 15.4. The number of pyridine rings is 1. The van der Waals surface area contributed by atoms with Gasteiger partial charge >= 0.3 is 5.97 Å². The highest BCUT2D eigenvalue weighted by molar-refractivity contribution is 7.90. The molecule has 4 rings (SSSR count). The Bertz CT molecular complexity index is 1490. The molecule has 0 unspecified atom stereocenters. The Labute approximate surface area is 221 Å². The summed E-state index contributed by atoms with van der Waals surface area (Å²) in [5.74, 6) is -5.13. The molecule has 38 heavy (non-hydrogen) atoms. The van der Waals surface area contributed by atoms with Gasteiger partial charge in [-0.3, -0.25) is 14.8 Å². The lowest BCUT2D eigenvalue weighted by molar-refractivity contribution is -0.152. The van der Waals surface area contributed by atoms with Crippen LogP contribution in [0, 0.1) is 29.8 Å². The molecule has 0 bridgehead atoms. The molecule has 3 heterocycles. The Morgan fingerprint density at radius 2 is 1.89 bits per heavy atom. The topological polar surface area (TPSA) is 128 Å². The summed E-state index contributed by atoms with van der Waals surface area (Å²) in [7, 11) is -4.39. The first-order valence-electron chi connectivity index (χ1n) is 11.6. The van der Waals surface area contributed by atoms with E-state index in [2.05, 4.69) is 20.5 Å². The van der Waals surface area contributed by atoms with Crippen molar-refractivity contribution in [3.63, 3.8) is 0 Å². The first-order valence-corrected chi connectivity index (χ1v) is 13.8. The largest absolute Gasteiger partial charge is 0.481 e. The summed E-state index contributed by atoms with van der Waals surface area (Å²) < 4.78 is 69.4. The number of hydrogen-bond acceptors (Lipinski definition) is 7. The molecule has 0 radical (unpaired) electrons. The molecule has 0 amide bonds. The zero-order chi connectivity index (χ0) is 27.8. The smallest absolute Gasteiger partial charge is 0.310 e. The van der Waals surface area contributed by atoms with E-state index in [-0.39, 0.29) is 43.3 Å². The number of sulfone groups is 1. The average molecular weight is 572 g/mol. The molecule has 1 aliphatic rings. The highest BCUT2D eigenvalue weighted by Gasteiger charge is 2.43. The van der Waals surface area contributed by atoms with Gasteiger partial charge in [0.1, 0.15) is 10.7 Å². The van der Waals surface area contributed by atoms with E-state index in [0.29, 0.717) is 17.5 Å². The summed E-state index contributed by atoms with van der Waals surface area (Å²) in [4.78, 5) is 17.0. The Balaban J connectivity index is 1.64. The van der Waals surface area contributed by atoms with Gasteiger partial charge in [0.05, 0.1) is 16.1 Å². The summed E-state index contributed by atoms with van der Waals surface area (Å²) in [6, 6.07) is 6.13. The number of H-pyrrole nitrogens is 1. The molecule has 0 atom stereocenters. The molecule has 9 nitrogen and oxygen atoms in total. The molecule has 3 N–H and O–H groups in total. The monoisotopic (exact) mass is 571 g/mol. The first-order chi connectivity index (χ1) is 17.8. The lowest BCUT2D eigenvalue weighted by atomic mass is 9.74. The van der Waals surface area contributed by atoms with Crippen molar-refractivity contribution in [3.05, 3.63) is 63.7 Å². The van der Waals surface area contributed by atoms with Gasteiger partial charge in [0.15, 0.2) is 33.1 Å². The van der Waals surface area contributed by atoms with Gasteiger partial charge in [0.2, 0.25) is 0 Å². The Morgan fingerprint density at radius 3 is 2.47 bits per heavy atom. The van der Waals surface area contributed by atoms with Gasteiger partial charge in [-0.1, -0.05) is 23.7 Å². The van der Waals surface area contributed by atoms with E-state index in [1.807, 2.05) is 4.90 Å². The van der Waals surface area contributed by atoms with Crippen molar-refractivity contribution in [1.29, 1.82) is 0 Å². The van der Waals surface area contributed by atoms with Gasteiger partial charge in [-0.25, -0.2) is 26.6 Å². The number of aromatic nitrogens is 3. The van der Waals surface area contributed by atoms with Crippen LogP contribution in [0.1, 0.15) is 29.8 Å². The second-order valence-corrected chi connectivity index (χ2v) is 11.8. The van der Waals surface area contributed by atoms with Crippen LogP contribution in [-0.4, -0.2) is 58.9 Å². The Kier molecular flexibility index (Phi) is 7.73. The molecule has 1 aromatic carbocycles. The number of carboxylic acid groups (broad SMARTS) is 1. The third-order valence-corrected chi connectivity index (χ3v) is 8.02. The third kappa shape index (κ3) is 5.64. The number of hydrogen-bond donors (Lipinski definition) is 3. The maximum Gasteiger partial charge on any atom is 0.310 e. The number of halogens is 4. The van der Waals surface area contributed by atoms with Crippen LogP contribution in [0.15, 0.2) is 29.2 Å². The molecule has 0 aliphatic carbocycles. The number of rotatable bonds is 8. The van der Waals surface area contributed by atoms with Crippen molar-refractivity contribution >= 4 is 39.0 Å². The average Bonchev–Trinajstić information content (AvgIpc) is 3.25. The normalized spacial score (nSPS) is 15.9. The number of nitrogens with one attached hydrogen (secondary N) is 2. The van der Waals surface area contributed by atoms with Gasteiger partial charge < -0.3 is 10.4 Å². The number of aryl methyl sites for hydroxylation is 1. The van der Waals surface area contributed by atoms with Gasteiger partial charge in [-0.05, 0) is 38.9 Å². The summed E-state index contributed by atoms with van der Waals surface area (Å²) >= 11 is 5.85. The van der Waals surface area contributed by atoms with E-state index < -0.39 is 61.5 Å². The zero-order valence-electron chi connectivity index (χ0n) is 20.5. The van der Waals surface area contributed by atoms with Crippen LogP contribution in [0.3, 0.4) is 0 Å². The predicted octanol–water partition coefficient (Wildman–Crippen LogP) is 4.24. The number of likely N-dealkylation sites (tertiary alicyclic amines) is 1. The minimum Gasteiger partial charge on any atom is -0.481 e. The number of nitrogens with zero attached hydrogens (tertiary/aromatic N) is 3. The molecule has 14 heteroatoms. The van der Waals surface area contributed by atoms with Crippen molar-refractivity contribution in [1.82, 2.24) is 20.1 Å². The van der Waals surface area contributed by atoms with Crippen LogP contribution in [0.4, 0.5) is 24.8 Å². The molecule has 0 spiro atoms. The zero-order valence-corrected chi connectivity index (χ0v) is 22.1. The van der Waals surface area contributed by atoms with E-state index in [4.69, 9.17) is 11.6 Å². The minimum atomic E-state index is -4.39. The SMILES string of the molecule is Cc1cc(Nc2nc(CC3(C(=O)O)CCN(Cc4cccc(Cl)c4F)CC3)c(F)c(S(C)(=O)=O)c2F)n[nH]1. The van der Waals surface area contributed by atoms with Crippen LogP contribution < -0.4 is 5.32 Å². The molecule has 1 fully saturated rings. The van der Waals surface area contributed by atoms with E-state index >= 15 is 8.78 Å². The number of carbonyl (C=O) groups is 1. The van der Waals surface area contributed by atoms with Crippen LogP contribution in [0.2, 0.25) is 5.02 Å². The first kappa shape index (κ1) is 27.9. The molecule has 0 saturated carbocycles. The van der Waals surface area contributed by atoms with Crippen molar-refractivity contribution in [2.75, 3.05) is 24.7 Å². The van der Waals surface area contributed by atoms with Crippen molar-refractivity contribution in [2.45, 2.75) is 37.6 Å².